The van der Waals surface area contributed by atoms with Gasteiger partial charge in [0.1, 0.15) is 6.33 Å². The van der Waals surface area contributed by atoms with Crippen molar-refractivity contribution in [1.29, 1.82) is 0 Å². The van der Waals surface area contributed by atoms with Crippen molar-refractivity contribution in [3.05, 3.63) is 74.5 Å². The highest BCUT2D eigenvalue weighted by Crippen LogP contribution is 2.35. The van der Waals surface area contributed by atoms with Gasteiger partial charge in [0.05, 0.1) is 21.2 Å². The molecule has 11 heteroatoms. The molecule has 0 radical (unpaired) electrons. The van der Waals surface area contributed by atoms with E-state index in [4.69, 9.17) is 28.3 Å². The van der Waals surface area contributed by atoms with Gasteiger partial charge in [-0.2, -0.15) is 0 Å². The van der Waals surface area contributed by atoms with E-state index in [0.29, 0.717) is 16.4 Å². The summed E-state index contributed by atoms with van der Waals surface area (Å²) in [5.41, 5.74) is 0.477. The van der Waals surface area contributed by atoms with Crippen LogP contribution in [0.1, 0.15) is 10.4 Å². The van der Waals surface area contributed by atoms with Crippen LogP contribution < -0.4 is 10.6 Å². The van der Waals surface area contributed by atoms with Crippen molar-refractivity contribution < 1.29 is 14.8 Å². The molecule has 0 amide bonds. The van der Waals surface area contributed by atoms with Crippen molar-refractivity contribution in [2.75, 3.05) is 10.6 Å². The summed E-state index contributed by atoms with van der Waals surface area (Å²) < 4.78 is 0. The lowest BCUT2D eigenvalue weighted by Crippen LogP contribution is -2.06. The molecule has 0 aliphatic carbocycles. The van der Waals surface area contributed by atoms with Crippen LogP contribution in [0.15, 0.2) is 48.8 Å². The molecule has 0 aliphatic rings. The average Bonchev–Trinajstić information content (AvgIpc) is 2.64. The predicted octanol–water partition coefficient (Wildman–Crippen LogP) is 4.88. The van der Waals surface area contributed by atoms with Crippen molar-refractivity contribution in [3.8, 4) is 0 Å². The number of carboxylic acids is 1. The van der Waals surface area contributed by atoms with E-state index in [0.717, 1.165) is 6.33 Å². The first-order valence-corrected chi connectivity index (χ1v) is 8.42. The number of anilines is 4. The molecular weight excluding hydrogens is 409 g/mol. The molecule has 9 nitrogen and oxygen atoms in total. The molecule has 0 aliphatic heterocycles. The van der Waals surface area contributed by atoms with Gasteiger partial charge in [-0.1, -0.05) is 23.2 Å². The first-order chi connectivity index (χ1) is 13.3. The van der Waals surface area contributed by atoms with Crippen LogP contribution in [-0.4, -0.2) is 26.0 Å². The third-order valence-electron chi connectivity index (χ3n) is 3.58. The molecule has 0 saturated heterocycles. The van der Waals surface area contributed by atoms with E-state index in [1.54, 1.807) is 12.1 Å². The highest BCUT2D eigenvalue weighted by molar-refractivity contribution is 6.36. The number of carboxylic acid groups (broad SMARTS) is 1. The van der Waals surface area contributed by atoms with Gasteiger partial charge in [0, 0.05) is 10.7 Å². The summed E-state index contributed by atoms with van der Waals surface area (Å²) in [6.07, 6.45) is 1.15. The number of rotatable bonds is 6. The molecule has 3 N–H and O–H groups in total. The van der Waals surface area contributed by atoms with Gasteiger partial charge in [0.2, 0.25) is 11.6 Å². The molecule has 0 atom stereocenters. The molecule has 0 spiro atoms. The molecule has 142 valence electrons. The van der Waals surface area contributed by atoms with E-state index in [9.17, 15) is 14.9 Å². The van der Waals surface area contributed by atoms with Crippen LogP contribution in [-0.2, 0) is 0 Å². The van der Waals surface area contributed by atoms with Crippen LogP contribution in [0.5, 0.6) is 0 Å². The van der Waals surface area contributed by atoms with Gasteiger partial charge < -0.3 is 15.7 Å². The Balaban J connectivity index is 1.95. The van der Waals surface area contributed by atoms with Gasteiger partial charge in [0.25, 0.3) is 0 Å². The van der Waals surface area contributed by atoms with Crippen molar-refractivity contribution in [2.24, 2.45) is 0 Å². The smallest absolute Gasteiger partial charge is 0.353 e. The molecule has 0 unspecified atom stereocenters. The summed E-state index contributed by atoms with van der Waals surface area (Å²) in [6.45, 7) is 0. The second-order valence-corrected chi connectivity index (χ2v) is 6.28. The van der Waals surface area contributed by atoms with Crippen LogP contribution in [0.2, 0.25) is 10.0 Å². The minimum Gasteiger partial charge on any atom is -0.478 e. The van der Waals surface area contributed by atoms with Crippen LogP contribution >= 0.6 is 23.2 Å². The Hall–Kier alpha value is -3.43. The fraction of sp³-hybridized carbons (Fsp3) is 0. The predicted molar refractivity (Wildman–Crippen MR) is 105 cm³/mol. The molecule has 0 fully saturated rings. The fourth-order valence-corrected chi connectivity index (χ4v) is 2.74. The molecule has 28 heavy (non-hydrogen) atoms. The highest BCUT2D eigenvalue weighted by atomic mass is 35.5. The summed E-state index contributed by atoms with van der Waals surface area (Å²) in [7, 11) is 0. The number of nitrogens with one attached hydrogen (secondary N) is 2. The normalized spacial score (nSPS) is 10.4. The second-order valence-electron chi connectivity index (χ2n) is 5.43. The van der Waals surface area contributed by atoms with Gasteiger partial charge in [-0.05, 0) is 42.5 Å². The average molecular weight is 420 g/mol. The van der Waals surface area contributed by atoms with Crippen LogP contribution in [0.3, 0.4) is 0 Å². The lowest BCUT2D eigenvalue weighted by atomic mass is 10.2. The minimum atomic E-state index is -1.08. The Labute approximate surface area is 168 Å². The molecule has 3 rings (SSSR count). The Morgan fingerprint density at radius 1 is 1.04 bits per heavy atom. The lowest BCUT2D eigenvalue weighted by molar-refractivity contribution is -0.383. The largest absolute Gasteiger partial charge is 0.478 e. The molecular formula is C17H11Cl2N5O4. The summed E-state index contributed by atoms with van der Waals surface area (Å²) in [5.74, 6) is -1.23. The first-order valence-electron chi connectivity index (χ1n) is 7.67. The number of hydrogen-bond acceptors (Lipinski definition) is 7. The molecule has 2 aromatic carbocycles. The molecule has 1 aromatic heterocycles. The van der Waals surface area contributed by atoms with Crippen molar-refractivity contribution >= 4 is 57.9 Å². The molecule has 0 bridgehead atoms. The number of halogens is 2. The van der Waals surface area contributed by atoms with Gasteiger partial charge in [-0.3, -0.25) is 10.1 Å². The second kappa shape index (κ2) is 8.07. The zero-order valence-electron chi connectivity index (χ0n) is 13.9. The first kappa shape index (κ1) is 19.3. The number of hydrogen-bond donors (Lipinski definition) is 3. The van der Waals surface area contributed by atoms with Crippen LogP contribution in [0, 0.1) is 10.1 Å². The SMILES string of the molecule is O=C(O)c1ccc(Nc2ncnc(Nc3ccc(Cl)cc3Cl)c2[N+](=O)[O-])cc1. The van der Waals surface area contributed by atoms with Gasteiger partial charge in [-0.15, -0.1) is 0 Å². The van der Waals surface area contributed by atoms with E-state index >= 15 is 0 Å². The quantitative estimate of drug-likeness (QED) is 0.380. The third-order valence-corrected chi connectivity index (χ3v) is 4.13. The standard InChI is InChI=1S/C17H11Cl2N5O4/c18-10-3-6-13(12(19)7-10)23-16-14(24(27)28)15(20-8-21-16)22-11-4-1-9(2-5-11)17(25)26/h1-8H,(H,25,26)(H2,20,21,22,23). The van der Waals surface area contributed by atoms with Crippen LogP contribution in [0.25, 0.3) is 0 Å². The molecule has 0 saturated carbocycles. The van der Waals surface area contributed by atoms with E-state index in [2.05, 4.69) is 20.6 Å². The maximum atomic E-state index is 11.6. The Bertz CT molecular complexity index is 1060. The fourth-order valence-electron chi connectivity index (χ4n) is 2.29. The monoisotopic (exact) mass is 419 g/mol. The molecule has 3 aromatic rings. The zero-order chi connectivity index (χ0) is 20.3. The van der Waals surface area contributed by atoms with E-state index in [-0.39, 0.29) is 22.2 Å². The number of carbonyl (C=O) groups is 1. The van der Waals surface area contributed by atoms with Crippen molar-refractivity contribution in [3.63, 3.8) is 0 Å². The third kappa shape index (κ3) is 4.27. The van der Waals surface area contributed by atoms with E-state index in [1.165, 1.54) is 30.3 Å². The lowest BCUT2D eigenvalue weighted by Gasteiger charge is -2.11. The van der Waals surface area contributed by atoms with Gasteiger partial charge >= 0.3 is 11.7 Å². The van der Waals surface area contributed by atoms with Crippen LogP contribution in [0.4, 0.5) is 28.7 Å². The topological polar surface area (TPSA) is 130 Å². The zero-order valence-corrected chi connectivity index (χ0v) is 15.4. The van der Waals surface area contributed by atoms with Crippen molar-refractivity contribution in [1.82, 2.24) is 9.97 Å². The minimum absolute atomic E-state index is 0.0735. The van der Waals surface area contributed by atoms with Crippen molar-refractivity contribution in [2.45, 2.75) is 0 Å². The highest BCUT2D eigenvalue weighted by Gasteiger charge is 2.24. The van der Waals surface area contributed by atoms with E-state index in [1.807, 2.05) is 0 Å². The Kier molecular flexibility index (Phi) is 5.57. The number of aromatic carboxylic acids is 1. The maximum absolute atomic E-state index is 11.6. The van der Waals surface area contributed by atoms with E-state index < -0.39 is 16.6 Å². The van der Waals surface area contributed by atoms with Gasteiger partial charge in [-0.25, -0.2) is 14.8 Å². The number of nitro groups is 1. The summed E-state index contributed by atoms with van der Waals surface area (Å²) in [6, 6.07) is 10.3. The number of nitrogens with zero attached hydrogens (tertiary/aromatic N) is 3. The Morgan fingerprint density at radius 3 is 2.25 bits per heavy atom. The summed E-state index contributed by atoms with van der Waals surface area (Å²) in [4.78, 5) is 29.7. The summed E-state index contributed by atoms with van der Waals surface area (Å²) in [5, 5.41) is 26.8. The van der Waals surface area contributed by atoms with Gasteiger partial charge in [0.15, 0.2) is 0 Å². The maximum Gasteiger partial charge on any atom is 0.353 e. The summed E-state index contributed by atoms with van der Waals surface area (Å²) >= 11 is 12.0. The number of aromatic nitrogens is 2. The number of benzene rings is 2. The Morgan fingerprint density at radius 2 is 1.68 bits per heavy atom. The molecule has 1 heterocycles.